The largest absolute Gasteiger partial charge is 0.378 e. The van der Waals surface area contributed by atoms with Crippen LogP contribution in [0.4, 0.5) is 0 Å². The van der Waals surface area contributed by atoms with Crippen LogP contribution in [0.2, 0.25) is 0 Å². The molecule has 1 aliphatic carbocycles. The highest BCUT2D eigenvalue weighted by Crippen LogP contribution is 2.43. The molecule has 0 bridgehead atoms. The van der Waals surface area contributed by atoms with E-state index in [0.717, 1.165) is 6.61 Å². The summed E-state index contributed by atoms with van der Waals surface area (Å²) in [6.07, 6.45) is 4.14. The molecule has 76 valence electrons. The first-order valence-electron chi connectivity index (χ1n) is 5.58. The van der Waals surface area contributed by atoms with Crippen molar-refractivity contribution < 1.29 is 4.74 Å². The van der Waals surface area contributed by atoms with E-state index in [9.17, 15) is 0 Å². The Morgan fingerprint density at radius 2 is 2.07 bits per heavy atom. The van der Waals surface area contributed by atoms with E-state index in [2.05, 4.69) is 37.3 Å². The summed E-state index contributed by atoms with van der Waals surface area (Å²) in [5.74, 6) is 0.674. The molecule has 1 aliphatic rings. The SMILES string of the molecule is CCCCO[C@H]1C[C@@H]1c1ccccc1. The summed E-state index contributed by atoms with van der Waals surface area (Å²) in [5.41, 5.74) is 1.44. The molecule has 1 nitrogen and oxygen atoms in total. The van der Waals surface area contributed by atoms with Gasteiger partial charge in [-0.05, 0) is 18.4 Å². The van der Waals surface area contributed by atoms with Crippen molar-refractivity contribution in [2.75, 3.05) is 6.61 Å². The standard InChI is InChI=1S/C13H18O/c1-2-3-9-14-13-10-12(13)11-7-5-4-6-8-11/h4-8,12-13H,2-3,9-10H2,1H3/t12-,13+/m1/s1. The summed E-state index contributed by atoms with van der Waals surface area (Å²) >= 11 is 0. The predicted molar refractivity (Wildman–Crippen MR) is 58.4 cm³/mol. The Morgan fingerprint density at radius 3 is 2.79 bits per heavy atom. The van der Waals surface area contributed by atoms with Crippen molar-refractivity contribution in [3.8, 4) is 0 Å². The molecule has 1 aromatic carbocycles. The van der Waals surface area contributed by atoms with Crippen LogP contribution in [0.25, 0.3) is 0 Å². The highest BCUT2D eigenvalue weighted by molar-refractivity contribution is 5.26. The summed E-state index contributed by atoms with van der Waals surface area (Å²) in [7, 11) is 0. The second-order valence-corrected chi connectivity index (χ2v) is 4.02. The van der Waals surface area contributed by atoms with Gasteiger partial charge in [-0.2, -0.15) is 0 Å². The number of benzene rings is 1. The van der Waals surface area contributed by atoms with Gasteiger partial charge in [-0.15, -0.1) is 0 Å². The molecule has 0 aromatic heterocycles. The maximum atomic E-state index is 5.76. The van der Waals surface area contributed by atoms with Crippen molar-refractivity contribution in [2.45, 2.75) is 38.2 Å². The lowest BCUT2D eigenvalue weighted by atomic mass is 10.1. The summed E-state index contributed by atoms with van der Waals surface area (Å²) in [4.78, 5) is 0. The van der Waals surface area contributed by atoms with Crippen LogP contribution >= 0.6 is 0 Å². The average Bonchev–Trinajstić information content (AvgIpc) is 2.99. The molecule has 1 saturated carbocycles. The maximum absolute atomic E-state index is 5.76. The second kappa shape index (κ2) is 4.61. The molecule has 0 saturated heterocycles. The van der Waals surface area contributed by atoms with Crippen molar-refractivity contribution in [2.24, 2.45) is 0 Å². The highest BCUT2D eigenvalue weighted by atomic mass is 16.5. The molecule has 2 rings (SSSR count). The van der Waals surface area contributed by atoms with Gasteiger partial charge in [0.2, 0.25) is 0 Å². The maximum Gasteiger partial charge on any atom is 0.0651 e. The third-order valence-electron chi connectivity index (χ3n) is 2.79. The smallest absolute Gasteiger partial charge is 0.0651 e. The van der Waals surface area contributed by atoms with E-state index in [4.69, 9.17) is 4.74 Å². The van der Waals surface area contributed by atoms with Crippen LogP contribution in [-0.4, -0.2) is 12.7 Å². The normalized spacial score (nSPS) is 24.9. The summed E-state index contributed by atoms with van der Waals surface area (Å²) in [5, 5.41) is 0. The molecule has 1 heteroatoms. The zero-order chi connectivity index (χ0) is 9.80. The van der Waals surface area contributed by atoms with Crippen molar-refractivity contribution >= 4 is 0 Å². The van der Waals surface area contributed by atoms with Crippen LogP contribution in [0.1, 0.15) is 37.7 Å². The molecule has 1 fully saturated rings. The molecule has 2 atom stereocenters. The van der Waals surface area contributed by atoms with E-state index in [-0.39, 0.29) is 0 Å². The molecular formula is C13H18O. The molecule has 0 aliphatic heterocycles. The molecule has 0 N–H and O–H groups in total. The quantitative estimate of drug-likeness (QED) is 0.647. The summed E-state index contributed by atoms with van der Waals surface area (Å²) in [6.45, 7) is 3.13. The summed E-state index contributed by atoms with van der Waals surface area (Å²) < 4.78 is 5.76. The fourth-order valence-electron chi connectivity index (χ4n) is 1.79. The van der Waals surface area contributed by atoms with E-state index in [1.807, 2.05) is 0 Å². The minimum absolute atomic E-state index is 0.504. The third-order valence-corrected chi connectivity index (χ3v) is 2.79. The van der Waals surface area contributed by atoms with Crippen LogP contribution < -0.4 is 0 Å². The van der Waals surface area contributed by atoms with E-state index in [0.29, 0.717) is 12.0 Å². The van der Waals surface area contributed by atoms with Crippen molar-refractivity contribution in [3.63, 3.8) is 0 Å². The zero-order valence-electron chi connectivity index (χ0n) is 8.78. The van der Waals surface area contributed by atoms with Gasteiger partial charge in [-0.25, -0.2) is 0 Å². The Balaban J connectivity index is 1.76. The number of ether oxygens (including phenoxy) is 1. The summed E-state index contributed by atoms with van der Waals surface area (Å²) in [6, 6.07) is 10.7. The monoisotopic (exact) mass is 190 g/mol. The fraction of sp³-hybridized carbons (Fsp3) is 0.538. The van der Waals surface area contributed by atoms with E-state index >= 15 is 0 Å². The Hall–Kier alpha value is -0.820. The minimum Gasteiger partial charge on any atom is -0.378 e. The first-order valence-corrected chi connectivity index (χ1v) is 5.58. The minimum atomic E-state index is 0.504. The Labute approximate surface area is 86.1 Å². The van der Waals surface area contributed by atoms with Crippen molar-refractivity contribution in [3.05, 3.63) is 35.9 Å². The molecule has 0 radical (unpaired) electrons. The second-order valence-electron chi connectivity index (χ2n) is 4.02. The lowest BCUT2D eigenvalue weighted by Crippen LogP contribution is -1.98. The number of hydrogen-bond donors (Lipinski definition) is 0. The van der Waals surface area contributed by atoms with Crippen molar-refractivity contribution in [1.29, 1.82) is 0 Å². The Bertz CT molecular complexity index is 268. The molecule has 0 spiro atoms. The van der Waals surface area contributed by atoms with Gasteiger partial charge in [0.25, 0.3) is 0 Å². The third kappa shape index (κ3) is 2.36. The molecule has 14 heavy (non-hydrogen) atoms. The molecule has 1 aromatic rings. The first kappa shape index (κ1) is 9.72. The molecule has 0 heterocycles. The van der Waals surface area contributed by atoms with Gasteiger partial charge in [0.1, 0.15) is 0 Å². The average molecular weight is 190 g/mol. The van der Waals surface area contributed by atoms with Gasteiger partial charge in [0, 0.05) is 12.5 Å². The number of unbranched alkanes of at least 4 members (excludes halogenated alkanes) is 1. The van der Waals surface area contributed by atoms with E-state index in [1.165, 1.54) is 24.8 Å². The molecule has 0 amide bonds. The van der Waals surface area contributed by atoms with E-state index in [1.54, 1.807) is 0 Å². The lowest BCUT2D eigenvalue weighted by Gasteiger charge is -2.02. The molecular weight excluding hydrogens is 172 g/mol. The first-order chi connectivity index (χ1) is 6.92. The van der Waals surface area contributed by atoms with Crippen molar-refractivity contribution in [1.82, 2.24) is 0 Å². The van der Waals surface area contributed by atoms with Gasteiger partial charge in [0.05, 0.1) is 6.10 Å². The lowest BCUT2D eigenvalue weighted by molar-refractivity contribution is 0.113. The Kier molecular flexibility index (Phi) is 3.20. The van der Waals surface area contributed by atoms with Gasteiger partial charge < -0.3 is 4.74 Å². The zero-order valence-corrected chi connectivity index (χ0v) is 8.78. The Morgan fingerprint density at radius 1 is 1.29 bits per heavy atom. The van der Waals surface area contributed by atoms with Crippen LogP contribution in [0.5, 0.6) is 0 Å². The van der Waals surface area contributed by atoms with Crippen LogP contribution in [0.3, 0.4) is 0 Å². The van der Waals surface area contributed by atoms with E-state index < -0.39 is 0 Å². The topological polar surface area (TPSA) is 9.23 Å². The van der Waals surface area contributed by atoms with Crippen LogP contribution in [0.15, 0.2) is 30.3 Å². The van der Waals surface area contributed by atoms with Gasteiger partial charge >= 0.3 is 0 Å². The van der Waals surface area contributed by atoms with Gasteiger partial charge in [-0.3, -0.25) is 0 Å². The van der Waals surface area contributed by atoms with Gasteiger partial charge in [0.15, 0.2) is 0 Å². The highest BCUT2D eigenvalue weighted by Gasteiger charge is 2.38. The number of hydrogen-bond acceptors (Lipinski definition) is 1. The fourth-order valence-corrected chi connectivity index (χ4v) is 1.79. The van der Waals surface area contributed by atoms with Crippen LogP contribution in [0, 0.1) is 0 Å². The predicted octanol–water partition coefficient (Wildman–Crippen LogP) is 3.36. The van der Waals surface area contributed by atoms with Crippen LogP contribution in [-0.2, 0) is 4.74 Å². The molecule has 0 unspecified atom stereocenters. The van der Waals surface area contributed by atoms with Gasteiger partial charge in [-0.1, -0.05) is 43.7 Å². The number of rotatable bonds is 5.